The third-order valence-corrected chi connectivity index (χ3v) is 4.19. The summed E-state index contributed by atoms with van der Waals surface area (Å²) in [5.41, 5.74) is 1.54. The second kappa shape index (κ2) is 7.77. The summed E-state index contributed by atoms with van der Waals surface area (Å²) in [5, 5.41) is 3.92. The van der Waals surface area contributed by atoms with Gasteiger partial charge in [0, 0.05) is 30.0 Å². The number of fused-ring (bicyclic) bond motifs is 1. The lowest BCUT2D eigenvalue weighted by Crippen LogP contribution is -2.13. The zero-order valence-corrected chi connectivity index (χ0v) is 14.5. The number of hydrogen-bond donors (Lipinski definition) is 1. The molecule has 1 N–H and O–H groups in total. The summed E-state index contributed by atoms with van der Waals surface area (Å²) in [6, 6.07) is 10.9. The fourth-order valence-corrected chi connectivity index (χ4v) is 2.86. The highest BCUT2D eigenvalue weighted by atomic mass is 35.5. The van der Waals surface area contributed by atoms with Crippen molar-refractivity contribution in [1.82, 2.24) is 0 Å². The highest BCUT2D eigenvalue weighted by Crippen LogP contribution is 2.37. The van der Waals surface area contributed by atoms with E-state index in [1.807, 2.05) is 24.3 Å². The van der Waals surface area contributed by atoms with Gasteiger partial charge in [0.05, 0.1) is 23.9 Å². The monoisotopic (exact) mass is 365 g/mol. The molecule has 2 aromatic carbocycles. The third-order valence-electron chi connectivity index (χ3n) is 3.64. The molecule has 0 unspecified atom stereocenters. The van der Waals surface area contributed by atoms with Crippen LogP contribution in [-0.4, -0.2) is 19.1 Å². The van der Waals surface area contributed by atoms with E-state index in [9.17, 15) is 4.79 Å². The van der Waals surface area contributed by atoms with Gasteiger partial charge in [0.25, 0.3) is 0 Å². The Bertz CT molecular complexity index is 749. The third kappa shape index (κ3) is 4.34. The number of carbonyl (C=O) groups is 1. The van der Waals surface area contributed by atoms with Crippen LogP contribution in [0.15, 0.2) is 36.4 Å². The van der Waals surface area contributed by atoms with Crippen LogP contribution in [0.5, 0.6) is 11.5 Å². The van der Waals surface area contributed by atoms with E-state index in [4.69, 9.17) is 32.7 Å². The van der Waals surface area contributed by atoms with Gasteiger partial charge in [-0.05, 0) is 24.1 Å². The van der Waals surface area contributed by atoms with Crippen LogP contribution < -0.4 is 14.8 Å². The minimum Gasteiger partial charge on any atom is -0.490 e. The molecule has 0 saturated heterocycles. The molecule has 0 atom stereocenters. The average Bonchev–Trinajstić information content (AvgIpc) is 2.78. The zero-order valence-electron chi connectivity index (χ0n) is 13.0. The molecule has 0 spiro atoms. The lowest BCUT2D eigenvalue weighted by Gasteiger charge is -2.12. The maximum atomic E-state index is 12.2. The molecule has 6 heteroatoms. The molecule has 126 valence electrons. The van der Waals surface area contributed by atoms with Crippen LogP contribution in [0.2, 0.25) is 10.0 Å². The molecule has 0 fully saturated rings. The highest BCUT2D eigenvalue weighted by molar-refractivity contribution is 6.34. The molecule has 0 aromatic heterocycles. The van der Waals surface area contributed by atoms with Gasteiger partial charge in [0.15, 0.2) is 11.5 Å². The second-order valence-electron chi connectivity index (χ2n) is 5.51. The Morgan fingerprint density at radius 2 is 1.83 bits per heavy atom. The fourth-order valence-electron chi connectivity index (χ4n) is 2.44. The van der Waals surface area contributed by atoms with Crippen molar-refractivity contribution in [3.05, 3.63) is 52.0 Å². The van der Waals surface area contributed by atoms with E-state index in [0.29, 0.717) is 53.3 Å². The lowest BCUT2D eigenvalue weighted by atomic mass is 10.1. The Balaban J connectivity index is 1.64. The van der Waals surface area contributed by atoms with Crippen molar-refractivity contribution >= 4 is 34.8 Å². The summed E-state index contributed by atoms with van der Waals surface area (Å²) < 4.78 is 11.2. The number of hydrogen-bond acceptors (Lipinski definition) is 3. The van der Waals surface area contributed by atoms with Gasteiger partial charge in [-0.15, -0.1) is 0 Å². The van der Waals surface area contributed by atoms with Crippen molar-refractivity contribution in [2.45, 2.75) is 19.3 Å². The first-order valence-electron chi connectivity index (χ1n) is 7.75. The van der Waals surface area contributed by atoms with E-state index in [2.05, 4.69) is 5.32 Å². The van der Waals surface area contributed by atoms with Gasteiger partial charge >= 0.3 is 0 Å². The number of amides is 1. The molecule has 3 rings (SSSR count). The van der Waals surface area contributed by atoms with Gasteiger partial charge in [0.2, 0.25) is 5.91 Å². The molecule has 4 nitrogen and oxygen atoms in total. The molecular formula is C18H17Cl2NO3. The Morgan fingerprint density at radius 3 is 2.58 bits per heavy atom. The largest absolute Gasteiger partial charge is 0.490 e. The van der Waals surface area contributed by atoms with Gasteiger partial charge in [-0.2, -0.15) is 0 Å². The first-order chi connectivity index (χ1) is 11.6. The van der Waals surface area contributed by atoms with Gasteiger partial charge in [-0.1, -0.05) is 35.3 Å². The maximum Gasteiger partial charge on any atom is 0.224 e. The summed E-state index contributed by atoms with van der Waals surface area (Å²) >= 11 is 12.2. The highest BCUT2D eigenvalue weighted by Gasteiger charge is 2.15. The van der Waals surface area contributed by atoms with Crippen molar-refractivity contribution in [3.63, 3.8) is 0 Å². The van der Waals surface area contributed by atoms with Gasteiger partial charge in [-0.25, -0.2) is 0 Å². The number of carbonyl (C=O) groups excluding carboxylic acids is 1. The Morgan fingerprint density at radius 1 is 1.08 bits per heavy atom. The second-order valence-corrected chi connectivity index (χ2v) is 6.35. The molecule has 0 saturated carbocycles. The van der Waals surface area contributed by atoms with Crippen LogP contribution in [0.4, 0.5) is 5.69 Å². The number of halogens is 2. The van der Waals surface area contributed by atoms with E-state index in [1.54, 1.807) is 12.1 Å². The van der Waals surface area contributed by atoms with Crippen LogP contribution >= 0.6 is 23.2 Å². The minimum absolute atomic E-state index is 0.119. The summed E-state index contributed by atoms with van der Waals surface area (Å²) in [6.07, 6.45) is 1.76. The van der Waals surface area contributed by atoms with Gasteiger partial charge in [-0.3, -0.25) is 4.79 Å². The molecule has 1 amide bonds. The number of ether oxygens (including phenoxy) is 2. The fraction of sp³-hybridized carbons (Fsp3) is 0.278. The predicted molar refractivity (Wildman–Crippen MR) is 95.5 cm³/mol. The van der Waals surface area contributed by atoms with Crippen molar-refractivity contribution in [3.8, 4) is 11.5 Å². The predicted octanol–water partition coefficient (Wildman–Crippen LogP) is 4.73. The van der Waals surface area contributed by atoms with E-state index in [1.165, 1.54) is 0 Å². The summed E-state index contributed by atoms with van der Waals surface area (Å²) in [6.45, 7) is 1.17. The Kier molecular flexibility index (Phi) is 5.48. The van der Waals surface area contributed by atoms with Crippen LogP contribution in [-0.2, 0) is 11.2 Å². The van der Waals surface area contributed by atoms with Crippen LogP contribution in [0, 0.1) is 0 Å². The van der Waals surface area contributed by atoms with Crippen LogP contribution in [0.25, 0.3) is 0 Å². The summed E-state index contributed by atoms with van der Waals surface area (Å²) in [4.78, 5) is 12.2. The first kappa shape index (κ1) is 16.9. The average molecular weight is 366 g/mol. The Labute approximate surface area is 150 Å². The molecule has 0 bridgehead atoms. The lowest BCUT2D eigenvalue weighted by molar-refractivity contribution is -0.116. The number of rotatable bonds is 4. The number of anilines is 1. The molecule has 1 heterocycles. The zero-order chi connectivity index (χ0) is 16.9. The summed E-state index contributed by atoms with van der Waals surface area (Å²) in [7, 11) is 0. The first-order valence-corrected chi connectivity index (χ1v) is 8.51. The molecular weight excluding hydrogens is 349 g/mol. The van der Waals surface area contributed by atoms with E-state index < -0.39 is 0 Å². The minimum atomic E-state index is -0.119. The van der Waals surface area contributed by atoms with Gasteiger partial charge < -0.3 is 14.8 Å². The van der Waals surface area contributed by atoms with Crippen LogP contribution in [0.1, 0.15) is 18.4 Å². The van der Waals surface area contributed by atoms with Crippen molar-refractivity contribution < 1.29 is 14.3 Å². The van der Waals surface area contributed by atoms with Crippen molar-refractivity contribution in [2.24, 2.45) is 0 Å². The maximum absolute atomic E-state index is 12.2. The van der Waals surface area contributed by atoms with E-state index in [-0.39, 0.29) is 5.91 Å². The number of benzene rings is 2. The quantitative estimate of drug-likeness (QED) is 0.851. The molecule has 0 aliphatic carbocycles. The molecule has 0 radical (unpaired) electrons. The van der Waals surface area contributed by atoms with E-state index in [0.717, 1.165) is 12.0 Å². The SMILES string of the molecule is O=C(CCc1cccc(Cl)c1)Nc1cc2c(cc1Cl)OCCCO2. The molecule has 2 aromatic rings. The summed E-state index contributed by atoms with van der Waals surface area (Å²) in [5.74, 6) is 1.09. The smallest absolute Gasteiger partial charge is 0.224 e. The van der Waals surface area contributed by atoms with E-state index >= 15 is 0 Å². The number of aryl methyl sites for hydroxylation is 1. The number of nitrogens with one attached hydrogen (secondary N) is 1. The standard InChI is InChI=1S/C18H17Cl2NO3/c19-13-4-1-3-12(9-13)5-6-18(22)21-15-11-17-16(10-14(15)20)23-7-2-8-24-17/h1,3-4,9-11H,2,5-8H2,(H,21,22). The molecule has 24 heavy (non-hydrogen) atoms. The van der Waals surface area contributed by atoms with Crippen molar-refractivity contribution in [1.29, 1.82) is 0 Å². The Hall–Kier alpha value is -1.91. The topological polar surface area (TPSA) is 47.6 Å². The normalized spacial score (nSPS) is 13.2. The molecule has 1 aliphatic heterocycles. The van der Waals surface area contributed by atoms with Crippen LogP contribution in [0.3, 0.4) is 0 Å². The molecule has 1 aliphatic rings. The van der Waals surface area contributed by atoms with Crippen molar-refractivity contribution in [2.75, 3.05) is 18.5 Å². The van der Waals surface area contributed by atoms with Gasteiger partial charge in [0.1, 0.15) is 0 Å².